The first-order valence-corrected chi connectivity index (χ1v) is 9.09. The van der Waals surface area contributed by atoms with Crippen LogP contribution in [0.1, 0.15) is 47.2 Å². The lowest BCUT2D eigenvalue weighted by molar-refractivity contribution is 0.0933. The topological polar surface area (TPSA) is 59.4 Å². The van der Waals surface area contributed by atoms with Crippen LogP contribution in [0.15, 0.2) is 24.3 Å². The SMILES string of the molecule is CCN(CC)C(CNC(=O)c1c(C)nn(C)c1C)c1cccc(OC)c1. The summed E-state index contributed by atoms with van der Waals surface area (Å²) in [5.41, 5.74) is 3.42. The van der Waals surface area contributed by atoms with Crippen LogP contribution >= 0.6 is 0 Å². The molecular weight excluding hydrogens is 328 g/mol. The number of carbonyl (C=O) groups excluding carboxylic acids is 1. The predicted molar refractivity (Wildman–Crippen MR) is 104 cm³/mol. The van der Waals surface area contributed by atoms with Crippen LogP contribution in [0.2, 0.25) is 0 Å². The Morgan fingerprint density at radius 2 is 2.00 bits per heavy atom. The van der Waals surface area contributed by atoms with Crippen molar-refractivity contribution < 1.29 is 9.53 Å². The van der Waals surface area contributed by atoms with Crippen LogP contribution in [0, 0.1) is 13.8 Å². The number of benzene rings is 1. The zero-order valence-electron chi connectivity index (χ0n) is 16.7. The maximum atomic E-state index is 12.8. The first kappa shape index (κ1) is 20.0. The fourth-order valence-corrected chi connectivity index (χ4v) is 3.35. The van der Waals surface area contributed by atoms with E-state index in [4.69, 9.17) is 4.74 Å². The van der Waals surface area contributed by atoms with Gasteiger partial charge in [0.2, 0.25) is 0 Å². The standard InChI is InChI=1S/C20H30N4O2/c1-7-24(8-2)18(16-10-9-11-17(12-16)26-6)13-21-20(25)19-14(3)22-23(5)15(19)4/h9-12,18H,7-8,13H2,1-6H3,(H,21,25). The van der Waals surface area contributed by atoms with Gasteiger partial charge < -0.3 is 10.1 Å². The highest BCUT2D eigenvalue weighted by molar-refractivity contribution is 5.96. The van der Waals surface area contributed by atoms with E-state index in [-0.39, 0.29) is 11.9 Å². The van der Waals surface area contributed by atoms with E-state index in [1.54, 1.807) is 11.8 Å². The number of aryl methyl sites for hydroxylation is 2. The van der Waals surface area contributed by atoms with Gasteiger partial charge in [-0.3, -0.25) is 14.4 Å². The fraction of sp³-hybridized carbons (Fsp3) is 0.500. The number of nitrogens with one attached hydrogen (secondary N) is 1. The Kier molecular flexibility index (Phi) is 6.80. The molecule has 1 N–H and O–H groups in total. The molecule has 1 aromatic carbocycles. The van der Waals surface area contributed by atoms with Gasteiger partial charge in [0.25, 0.3) is 5.91 Å². The molecule has 6 heteroatoms. The van der Waals surface area contributed by atoms with Crippen molar-refractivity contribution in [2.75, 3.05) is 26.7 Å². The Hall–Kier alpha value is -2.34. The zero-order valence-corrected chi connectivity index (χ0v) is 16.7. The van der Waals surface area contributed by atoms with Gasteiger partial charge in [-0.2, -0.15) is 5.10 Å². The summed E-state index contributed by atoms with van der Waals surface area (Å²) < 4.78 is 7.11. The van der Waals surface area contributed by atoms with Crippen LogP contribution < -0.4 is 10.1 Å². The number of hydrogen-bond acceptors (Lipinski definition) is 4. The molecule has 0 saturated heterocycles. The Balaban J connectivity index is 2.23. The molecule has 0 bridgehead atoms. The Morgan fingerprint density at radius 3 is 2.54 bits per heavy atom. The molecule has 0 radical (unpaired) electrons. The van der Waals surface area contributed by atoms with Gasteiger partial charge in [0.15, 0.2) is 0 Å². The highest BCUT2D eigenvalue weighted by Crippen LogP contribution is 2.24. The molecule has 0 aliphatic carbocycles. The Labute approximate surface area is 156 Å². The summed E-state index contributed by atoms with van der Waals surface area (Å²) in [4.78, 5) is 15.1. The first-order valence-electron chi connectivity index (χ1n) is 9.09. The molecule has 0 fully saturated rings. The molecular formula is C20H30N4O2. The lowest BCUT2D eigenvalue weighted by Crippen LogP contribution is -2.38. The molecule has 2 aromatic rings. The molecule has 1 unspecified atom stereocenters. The summed E-state index contributed by atoms with van der Waals surface area (Å²) in [7, 11) is 3.52. The number of amides is 1. The summed E-state index contributed by atoms with van der Waals surface area (Å²) in [6, 6.07) is 8.13. The second-order valence-corrected chi connectivity index (χ2v) is 6.39. The number of aromatic nitrogens is 2. The summed E-state index contributed by atoms with van der Waals surface area (Å²) in [5, 5.41) is 7.44. The van der Waals surface area contributed by atoms with Crippen molar-refractivity contribution >= 4 is 5.91 Å². The van der Waals surface area contributed by atoms with E-state index in [9.17, 15) is 4.79 Å². The van der Waals surface area contributed by atoms with Gasteiger partial charge in [0, 0.05) is 19.3 Å². The van der Waals surface area contributed by atoms with E-state index in [2.05, 4.69) is 35.2 Å². The minimum absolute atomic E-state index is 0.0758. The van der Waals surface area contributed by atoms with Crippen LogP contribution in [-0.2, 0) is 7.05 Å². The van der Waals surface area contributed by atoms with Crippen molar-refractivity contribution in [1.82, 2.24) is 20.0 Å². The molecule has 6 nitrogen and oxygen atoms in total. The van der Waals surface area contributed by atoms with E-state index < -0.39 is 0 Å². The lowest BCUT2D eigenvalue weighted by atomic mass is 10.0. The van der Waals surface area contributed by atoms with Crippen molar-refractivity contribution in [2.45, 2.75) is 33.7 Å². The summed E-state index contributed by atoms with van der Waals surface area (Å²) in [5.74, 6) is 0.748. The molecule has 0 saturated carbocycles. The summed E-state index contributed by atoms with van der Waals surface area (Å²) in [6.45, 7) is 10.4. The first-order chi connectivity index (χ1) is 12.4. The van der Waals surface area contributed by atoms with E-state index in [1.807, 2.05) is 39.1 Å². The molecule has 0 aliphatic heterocycles. The molecule has 1 aromatic heterocycles. The van der Waals surface area contributed by atoms with E-state index >= 15 is 0 Å². The van der Waals surface area contributed by atoms with Crippen molar-refractivity contribution in [3.8, 4) is 5.75 Å². The third-order valence-corrected chi connectivity index (χ3v) is 4.92. The Bertz CT molecular complexity index is 750. The maximum absolute atomic E-state index is 12.8. The highest BCUT2D eigenvalue weighted by atomic mass is 16.5. The minimum atomic E-state index is -0.0758. The Morgan fingerprint density at radius 1 is 1.31 bits per heavy atom. The molecule has 142 valence electrons. The third-order valence-electron chi connectivity index (χ3n) is 4.92. The van der Waals surface area contributed by atoms with Crippen molar-refractivity contribution in [2.24, 2.45) is 7.05 Å². The van der Waals surface area contributed by atoms with Gasteiger partial charge in [-0.25, -0.2) is 0 Å². The third kappa shape index (κ3) is 4.25. The second kappa shape index (κ2) is 8.85. The van der Waals surface area contributed by atoms with Gasteiger partial charge in [-0.1, -0.05) is 26.0 Å². The molecule has 1 amide bonds. The number of likely N-dealkylation sites (N-methyl/N-ethyl adjacent to an activating group) is 1. The number of methoxy groups -OCH3 is 1. The molecule has 26 heavy (non-hydrogen) atoms. The van der Waals surface area contributed by atoms with Gasteiger partial charge in [0.1, 0.15) is 5.75 Å². The van der Waals surface area contributed by atoms with Gasteiger partial charge in [0.05, 0.1) is 24.4 Å². The lowest BCUT2D eigenvalue weighted by Gasteiger charge is -2.30. The van der Waals surface area contributed by atoms with E-state index in [0.717, 1.165) is 35.8 Å². The zero-order chi connectivity index (χ0) is 19.3. The molecule has 1 atom stereocenters. The minimum Gasteiger partial charge on any atom is -0.497 e. The summed E-state index contributed by atoms with van der Waals surface area (Å²) >= 11 is 0. The quantitative estimate of drug-likeness (QED) is 0.788. The highest BCUT2D eigenvalue weighted by Gasteiger charge is 2.22. The molecule has 0 aliphatic rings. The normalized spacial score (nSPS) is 12.3. The van der Waals surface area contributed by atoms with Crippen LogP contribution in [-0.4, -0.2) is 47.3 Å². The maximum Gasteiger partial charge on any atom is 0.255 e. The van der Waals surface area contributed by atoms with Gasteiger partial charge in [-0.05, 0) is 44.6 Å². The van der Waals surface area contributed by atoms with Crippen LogP contribution in [0.25, 0.3) is 0 Å². The average Bonchev–Trinajstić information content (AvgIpc) is 2.90. The van der Waals surface area contributed by atoms with Crippen molar-refractivity contribution in [3.63, 3.8) is 0 Å². The van der Waals surface area contributed by atoms with Gasteiger partial charge in [-0.15, -0.1) is 0 Å². The van der Waals surface area contributed by atoms with Crippen LogP contribution in [0.5, 0.6) is 5.75 Å². The van der Waals surface area contributed by atoms with Crippen LogP contribution in [0.4, 0.5) is 0 Å². The monoisotopic (exact) mass is 358 g/mol. The fourth-order valence-electron chi connectivity index (χ4n) is 3.35. The van der Waals surface area contributed by atoms with Gasteiger partial charge >= 0.3 is 0 Å². The number of rotatable bonds is 8. The predicted octanol–water partition coefficient (Wildman–Crippen LogP) is 2.86. The van der Waals surface area contributed by atoms with E-state index in [1.165, 1.54) is 0 Å². The summed E-state index contributed by atoms with van der Waals surface area (Å²) in [6.07, 6.45) is 0. The average molecular weight is 358 g/mol. The number of carbonyl (C=O) groups is 1. The van der Waals surface area contributed by atoms with Crippen molar-refractivity contribution in [1.29, 1.82) is 0 Å². The molecule has 1 heterocycles. The largest absolute Gasteiger partial charge is 0.497 e. The van der Waals surface area contributed by atoms with Crippen LogP contribution in [0.3, 0.4) is 0 Å². The van der Waals surface area contributed by atoms with Crippen molar-refractivity contribution in [3.05, 3.63) is 46.8 Å². The molecule has 2 rings (SSSR count). The number of nitrogens with zero attached hydrogens (tertiary/aromatic N) is 3. The smallest absolute Gasteiger partial charge is 0.255 e. The second-order valence-electron chi connectivity index (χ2n) is 6.39. The molecule has 0 spiro atoms. The number of hydrogen-bond donors (Lipinski definition) is 1. The van der Waals surface area contributed by atoms with E-state index in [0.29, 0.717) is 12.1 Å². The number of ether oxygens (including phenoxy) is 1.